The van der Waals surface area contributed by atoms with Crippen molar-refractivity contribution in [3.8, 4) is 0 Å². The third-order valence-electron chi connectivity index (χ3n) is 9.38. The molecule has 3 aliphatic rings. The molecule has 1 atom stereocenters. The lowest BCUT2D eigenvalue weighted by Crippen LogP contribution is -2.59. The molecule has 2 fully saturated rings. The second kappa shape index (κ2) is 13.8. The number of nitrogens with zero attached hydrogens (tertiary/aromatic N) is 4. The molecule has 1 saturated carbocycles. The molecule has 0 bridgehead atoms. The Kier molecular flexibility index (Phi) is 9.89. The maximum absolute atomic E-state index is 16.0. The van der Waals surface area contributed by atoms with Crippen LogP contribution < -0.4 is 4.90 Å². The smallest absolute Gasteiger partial charge is 0.417 e. The number of benzene rings is 2. The first-order valence-corrected chi connectivity index (χ1v) is 18.0. The number of rotatable bonds is 7. The highest BCUT2D eigenvalue weighted by molar-refractivity contribution is 7.89. The molecule has 3 aromatic rings. The van der Waals surface area contributed by atoms with Gasteiger partial charge in [-0.25, -0.2) is 44.5 Å². The van der Waals surface area contributed by atoms with Crippen LogP contribution in [0.25, 0.3) is 0 Å². The number of ether oxygens (including phenoxy) is 1. The summed E-state index contributed by atoms with van der Waals surface area (Å²) in [6, 6.07) is 3.65. The number of imide groups is 1. The van der Waals surface area contributed by atoms with Crippen molar-refractivity contribution < 1.29 is 53.9 Å². The quantitative estimate of drug-likeness (QED) is 0.147. The summed E-state index contributed by atoms with van der Waals surface area (Å²) in [7, 11) is -5.51. The van der Waals surface area contributed by atoms with E-state index in [0.29, 0.717) is 0 Å². The highest BCUT2D eigenvalue weighted by Crippen LogP contribution is 2.38. The monoisotopic (exact) mass is 752 g/mol. The van der Waals surface area contributed by atoms with Crippen molar-refractivity contribution >= 4 is 33.6 Å². The molecule has 1 saturated heterocycles. The van der Waals surface area contributed by atoms with Gasteiger partial charge in [0.2, 0.25) is 21.7 Å². The number of aromatic nitrogens is 1. The van der Waals surface area contributed by atoms with Crippen LogP contribution in [0.3, 0.4) is 0 Å². The Labute approximate surface area is 295 Å². The summed E-state index contributed by atoms with van der Waals surface area (Å²) in [6.45, 7) is 3.43. The third kappa shape index (κ3) is 6.75. The number of sulfonamides is 1. The van der Waals surface area contributed by atoms with E-state index in [1.54, 1.807) is 33.0 Å². The molecular formula is C35H34F6N4O6S. The maximum Gasteiger partial charge on any atom is 0.417 e. The number of carbonyl (C=O) groups is 3. The average molecular weight is 753 g/mol. The predicted octanol–water partition coefficient (Wildman–Crippen LogP) is 6.85. The lowest BCUT2D eigenvalue weighted by molar-refractivity contribution is -0.125. The van der Waals surface area contributed by atoms with Crippen LogP contribution in [0.1, 0.15) is 92.4 Å². The van der Waals surface area contributed by atoms with Gasteiger partial charge in [-0.3, -0.25) is 14.6 Å². The molecule has 278 valence electrons. The minimum absolute atomic E-state index is 0.130. The Bertz CT molecular complexity index is 2040. The van der Waals surface area contributed by atoms with E-state index < -0.39 is 98.1 Å². The minimum Gasteiger partial charge on any atom is -0.443 e. The summed E-state index contributed by atoms with van der Waals surface area (Å²) in [5.74, 6) is -15.5. The van der Waals surface area contributed by atoms with Crippen LogP contribution in [0.15, 0.2) is 35.4 Å². The molecule has 0 unspecified atom stereocenters. The molecule has 0 N–H and O–H groups in total. The van der Waals surface area contributed by atoms with Crippen molar-refractivity contribution in [3.05, 3.63) is 87.7 Å². The van der Waals surface area contributed by atoms with Gasteiger partial charge >= 0.3 is 6.09 Å². The minimum atomic E-state index is -5.51. The van der Waals surface area contributed by atoms with Gasteiger partial charge in [0, 0.05) is 18.3 Å². The highest BCUT2D eigenvalue weighted by atomic mass is 32.2. The van der Waals surface area contributed by atoms with Crippen LogP contribution >= 0.6 is 0 Å². The lowest BCUT2D eigenvalue weighted by atomic mass is 9.85. The summed E-state index contributed by atoms with van der Waals surface area (Å²) in [5, 5.41) is 0. The van der Waals surface area contributed by atoms with Crippen molar-refractivity contribution in [2.45, 2.75) is 94.8 Å². The second-order valence-electron chi connectivity index (χ2n) is 14.0. The normalized spacial score (nSPS) is 18.3. The Morgan fingerprint density at radius 1 is 0.923 bits per heavy atom. The number of halogens is 6. The first-order valence-electron chi connectivity index (χ1n) is 16.6. The standard InChI is InChI=1S/C35H34F6N4O6S/c1-35(2,3)51-34(48)44-16-20-13-25(23(36)14-22(20)32(44)46)43(17-21-10-9-19(15-42-21)18-7-5-4-6-8-18)33(47)24-11-12-45(24)52(49,50)31-29(40)27(38)26(37)28(39)30(31)41/h9-10,13-15,18,24H,4-8,11-12,16-17H2,1-3H3/t24-/m1/s1. The van der Waals surface area contributed by atoms with E-state index in [9.17, 15) is 44.8 Å². The van der Waals surface area contributed by atoms with Crippen LogP contribution in [0.5, 0.6) is 0 Å². The van der Waals surface area contributed by atoms with Gasteiger partial charge in [-0.1, -0.05) is 25.3 Å². The first-order chi connectivity index (χ1) is 24.4. The fourth-order valence-corrected chi connectivity index (χ4v) is 8.39. The van der Waals surface area contributed by atoms with E-state index in [0.717, 1.165) is 59.6 Å². The van der Waals surface area contributed by atoms with Gasteiger partial charge in [0.25, 0.3) is 5.91 Å². The molecule has 10 nitrogen and oxygen atoms in total. The molecule has 17 heteroatoms. The highest BCUT2D eigenvalue weighted by Gasteiger charge is 2.48. The number of pyridine rings is 1. The Morgan fingerprint density at radius 2 is 1.56 bits per heavy atom. The molecule has 3 heterocycles. The van der Waals surface area contributed by atoms with Crippen LogP contribution in [0.2, 0.25) is 0 Å². The Morgan fingerprint density at radius 3 is 2.12 bits per heavy atom. The fourth-order valence-electron chi connectivity index (χ4n) is 6.65. The van der Waals surface area contributed by atoms with E-state index in [4.69, 9.17) is 4.74 Å². The lowest BCUT2D eigenvalue weighted by Gasteiger charge is -2.41. The van der Waals surface area contributed by atoms with Gasteiger partial charge in [-0.05, 0) is 75.3 Å². The predicted molar refractivity (Wildman–Crippen MR) is 172 cm³/mol. The molecule has 6 rings (SSSR count). The van der Waals surface area contributed by atoms with Crippen molar-refractivity contribution in [1.82, 2.24) is 14.2 Å². The van der Waals surface area contributed by atoms with E-state index in [2.05, 4.69) is 4.98 Å². The molecule has 3 amide bonds. The summed E-state index contributed by atoms with van der Waals surface area (Å²) in [6.07, 6.45) is 5.58. The molecule has 1 aliphatic carbocycles. The van der Waals surface area contributed by atoms with E-state index in [1.807, 2.05) is 6.07 Å². The van der Waals surface area contributed by atoms with E-state index in [-0.39, 0.29) is 40.0 Å². The van der Waals surface area contributed by atoms with Gasteiger partial charge in [0.05, 0.1) is 24.5 Å². The summed E-state index contributed by atoms with van der Waals surface area (Å²) < 4.78 is 119. The van der Waals surface area contributed by atoms with E-state index in [1.165, 1.54) is 0 Å². The van der Waals surface area contributed by atoms with Crippen molar-refractivity contribution in [2.75, 3.05) is 11.4 Å². The SMILES string of the molecule is CC(C)(C)OC(=O)N1Cc2cc(N(Cc3ccc(C4CCCCC4)cn3)C(=O)[C@H]3CCN3S(=O)(=O)c3c(F)c(F)c(F)c(F)c3F)c(F)cc2C1=O. The van der Waals surface area contributed by atoms with Gasteiger partial charge in [0.15, 0.2) is 28.2 Å². The zero-order chi connectivity index (χ0) is 37.9. The molecule has 2 aromatic carbocycles. The number of hydrogen-bond acceptors (Lipinski definition) is 7. The zero-order valence-electron chi connectivity index (χ0n) is 28.3. The molecule has 52 heavy (non-hydrogen) atoms. The number of hydrogen-bond donors (Lipinski definition) is 0. The van der Waals surface area contributed by atoms with Crippen LogP contribution in [0.4, 0.5) is 36.8 Å². The van der Waals surface area contributed by atoms with Crippen LogP contribution in [0, 0.1) is 34.9 Å². The van der Waals surface area contributed by atoms with Gasteiger partial charge < -0.3 is 9.64 Å². The van der Waals surface area contributed by atoms with E-state index >= 15 is 4.39 Å². The Balaban J connectivity index is 1.36. The number of anilines is 1. The molecule has 2 aliphatic heterocycles. The zero-order valence-corrected chi connectivity index (χ0v) is 29.1. The summed E-state index contributed by atoms with van der Waals surface area (Å²) >= 11 is 0. The number of fused-ring (bicyclic) bond motifs is 1. The molecular weight excluding hydrogens is 718 g/mol. The molecule has 0 spiro atoms. The van der Waals surface area contributed by atoms with Gasteiger partial charge in [0.1, 0.15) is 17.5 Å². The van der Waals surface area contributed by atoms with Crippen molar-refractivity contribution in [3.63, 3.8) is 0 Å². The maximum atomic E-state index is 16.0. The number of amides is 3. The molecule has 1 aromatic heterocycles. The summed E-state index contributed by atoms with van der Waals surface area (Å²) in [4.78, 5) is 44.0. The Hall–Kier alpha value is -4.51. The second-order valence-corrected chi connectivity index (χ2v) is 15.8. The largest absolute Gasteiger partial charge is 0.443 e. The average Bonchev–Trinajstić information content (AvgIpc) is 3.39. The fraction of sp³-hybridized carbons (Fsp3) is 0.429. The van der Waals surface area contributed by atoms with Crippen molar-refractivity contribution in [2.24, 2.45) is 0 Å². The topological polar surface area (TPSA) is 117 Å². The molecule has 0 radical (unpaired) electrons. The first kappa shape index (κ1) is 37.3. The third-order valence-corrected chi connectivity index (χ3v) is 11.3. The number of carbonyl (C=O) groups excluding carboxylic acids is 3. The van der Waals surface area contributed by atoms with Gasteiger partial charge in [-0.15, -0.1) is 0 Å². The summed E-state index contributed by atoms with van der Waals surface area (Å²) in [5.41, 5.74) is -0.255. The van der Waals surface area contributed by atoms with Gasteiger partial charge in [-0.2, -0.15) is 4.31 Å². The van der Waals surface area contributed by atoms with Crippen LogP contribution in [-0.4, -0.2) is 58.7 Å². The van der Waals surface area contributed by atoms with Crippen molar-refractivity contribution in [1.29, 1.82) is 0 Å². The van der Waals surface area contributed by atoms with Crippen LogP contribution in [-0.2, 0) is 32.6 Å².